The third kappa shape index (κ3) is 4.92. The summed E-state index contributed by atoms with van der Waals surface area (Å²) in [4.78, 5) is 15.2. The maximum absolute atomic E-state index is 13.4. The first-order valence-corrected chi connectivity index (χ1v) is 10.2. The van der Waals surface area contributed by atoms with E-state index in [4.69, 9.17) is 9.47 Å². The third-order valence-electron chi connectivity index (χ3n) is 5.33. The maximum atomic E-state index is 13.4. The predicted molar refractivity (Wildman–Crippen MR) is 114 cm³/mol. The molecule has 162 valence electrons. The van der Waals surface area contributed by atoms with Crippen molar-refractivity contribution in [2.75, 3.05) is 40.0 Å². The molecule has 8 heteroatoms. The summed E-state index contributed by atoms with van der Waals surface area (Å²) in [5.41, 5.74) is 1.98. The van der Waals surface area contributed by atoms with Crippen molar-refractivity contribution >= 4 is 5.91 Å². The van der Waals surface area contributed by atoms with Crippen LogP contribution in [0.2, 0.25) is 0 Å². The minimum atomic E-state index is -0.327. The highest BCUT2D eigenvalue weighted by molar-refractivity contribution is 5.95. The number of rotatable bonds is 7. The van der Waals surface area contributed by atoms with E-state index in [9.17, 15) is 9.18 Å². The molecule has 0 radical (unpaired) electrons. The van der Waals surface area contributed by atoms with Crippen LogP contribution >= 0.6 is 0 Å². The van der Waals surface area contributed by atoms with E-state index in [1.807, 2.05) is 30.3 Å². The Morgan fingerprint density at radius 3 is 2.55 bits per heavy atom. The van der Waals surface area contributed by atoms with Crippen LogP contribution in [0.15, 0.2) is 60.8 Å². The lowest BCUT2D eigenvalue weighted by molar-refractivity contribution is 0.0162. The highest BCUT2D eigenvalue weighted by Gasteiger charge is 2.25. The van der Waals surface area contributed by atoms with Crippen LogP contribution in [-0.4, -0.2) is 60.5 Å². The van der Waals surface area contributed by atoms with Gasteiger partial charge >= 0.3 is 0 Å². The molecule has 0 spiro atoms. The van der Waals surface area contributed by atoms with Crippen molar-refractivity contribution in [1.29, 1.82) is 0 Å². The number of halogens is 1. The Balaban J connectivity index is 1.52. The Morgan fingerprint density at radius 2 is 1.87 bits per heavy atom. The summed E-state index contributed by atoms with van der Waals surface area (Å²) in [7, 11) is 1.51. The second kappa shape index (κ2) is 9.72. The highest BCUT2D eigenvalue weighted by atomic mass is 19.1. The monoisotopic (exact) mass is 424 g/mol. The summed E-state index contributed by atoms with van der Waals surface area (Å²) in [6, 6.07) is 15.8. The SMILES string of the molecule is COc1cn(-c2ccccc2)nc1C(=O)NCC(c1ccc(F)cc1)N1CCOCC1. The first-order chi connectivity index (χ1) is 15.2. The van der Waals surface area contributed by atoms with Gasteiger partial charge in [0.15, 0.2) is 11.4 Å². The maximum Gasteiger partial charge on any atom is 0.275 e. The smallest absolute Gasteiger partial charge is 0.275 e. The number of benzene rings is 2. The van der Waals surface area contributed by atoms with Crippen LogP contribution < -0.4 is 10.1 Å². The van der Waals surface area contributed by atoms with Gasteiger partial charge in [-0.15, -0.1) is 0 Å². The fourth-order valence-corrected chi connectivity index (χ4v) is 3.68. The van der Waals surface area contributed by atoms with Crippen LogP contribution in [0.1, 0.15) is 22.1 Å². The number of carbonyl (C=O) groups excluding carboxylic acids is 1. The van der Waals surface area contributed by atoms with Crippen LogP contribution in [-0.2, 0) is 4.74 Å². The minimum Gasteiger partial charge on any atom is -0.493 e. The first-order valence-electron chi connectivity index (χ1n) is 10.2. The molecule has 1 amide bonds. The van der Waals surface area contributed by atoms with Gasteiger partial charge in [-0.05, 0) is 29.8 Å². The molecule has 1 fully saturated rings. The molecule has 3 aromatic rings. The number of para-hydroxylation sites is 1. The quantitative estimate of drug-likeness (QED) is 0.632. The molecule has 0 aliphatic carbocycles. The molecule has 0 saturated carbocycles. The second-order valence-corrected chi connectivity index (χ2v) is 7.25. The number of hydrogen-bond donors (Lipinski definition) is 1. The zero-order valence-electron chi connectivity index (χ0n) is 17.3. The number of carbonyl (C=O) groups is 1. The Kier molecular flexibility index (Phi) is 6.59. The van der Waals surface area contributed by atoms with Crippen LogP contribution in [0.4, 0.5) is 4.39 Å². The lowest BCUT2D eigenvalue weighted by atomic mass is 10.0. The normalized spacial score (nSPS) is 15.4. The average molecular weight is 424 g/mol. The van der Waals surface area contributed by atoms with Gasteiger partial charge in [0, 0.05) is 19.6 Å². The van der Waals surface area contributed by atoms with Crippen LogP contribution in [0.25, 0.3) is 5.69 Å². The van der Waals surface area contributed by atoms with Gasteiger partial charge in [0.2, 0.25) is 0 Å². The van der Waals surface area contributed by atoms with Gasteiger partial charge in [0.25, 0.3) is 5.91 Å². The number of amides is 1. The Hall–Kier alpha value is -3.23. The molecule has 2 aromatic carbocycles. The van der Waals surface area contributed by atoms with Crippen molar-refractivity contribution in [2.24, 2.45) is 0 Å². The number of hydrogen-bond acceptors (Lipinski definition) is 5. The summed E-state index contributed by atoms with van der Waals surface area (Å²) in [5, 5.41) is 7.40. The van der Waals surface area contributed by atoms with Crippen LogP contribution in [0.5, 0.6) is 5.75 Å². The average Bonchev–Trinajstić information content (AvgIpc) is 3.26. The van der Waals surface area contributed by atoms with Gasteiger partial charge in [0.05, 0.1) is 38.2 Å². The molecule has 7 nitrogen and oxygen atoms in total. The van der Waals surface area contributed by atoms with Crippen molar-refractivity contribution in [3.63, 3.8) is 0 Å². The van der Waals surface area contributed by atoms with Crippen molar-refractivity contribution in [3.8, 4) is 11.4 Å². The molecule has 1 aliphatic rings. The van der Waals surface area contributed by atoms with Crippen molar-refractivity contribution < 1.29 is 18.7 Å². The van der Waals surface area contributed by atoms with E-state index in [2.05, 4.69) is 15.3 Å². The highest BCUT2D eigenvalue weighted by Crippen LogP contribution is 2.23. The van der Waals surface area contributed by atoms with Gasteiger partial charge in [-0.25, -0.2) is 9.07 Å². The fourth-order valence-electron chi connectivity index (χ4n) is 3.68. The first kappa shape index (κ1) is 21.0. The third-order valence-corrected chi connectivity index (χ3v) is 5.33. The second-order valence-electron chi connectivity index (χ2n) is 7.25. The van der Waals surface area contributed by atoms with E-state index in [1.165, 1.54) is 19.2 Å². The number of nitrogens with one attached hydrogen (secondary N) is 1. The zero-order chi connectivity index (χ0) is 21.6. The molecule has 0 bridgehead atoms. The predicted octanol–water partition coefficient (Wildman–Crippen LogP) is 2.82. The van der Waals surface area contributed by atoms with Gasteiger partial charge in [0.1, 0.15) is 5.82 Å². The largest absolute Gasteiger partial charge is 0.493 e. The molecular weight excluding hydrogens is 399 g/mol. The lowest BCUT2D eigenvalue weighted by Crippen LogP contribution is -2.44. The molecule has 1 saturated heterocycles. The van der Waals surface area contributed by atoms with Crippen LogP contribution in [0, 0.1) is 5.82 Å². The fraction of sp³-hybridized carbons (Fsp3) is 0.304. The summed E-state index contributed by atoms with van der Waals surface area (Å²) in [6.07, 6.45) is 1.68. The van der Waals surface area contributed by atoms with Gasteiger partial charge in [-0.3, -0.25) is 9.69 Å². The number of methoxy groups -OCH3 is 1. The molecule has 1 atom stereocenters. The molecule has 2 heterocycles. The Morgan fingerprint density at radius 1 is 1.16 bits per heavy atom. The van der Waals surface area contributed by atoms with E-state index in [-0.39, 0.29) is 23.5 Å². The molecular formula is C23H25FN4O3. The number of morpholine rings is 1. The summed E-state index contributed by atoms with van der Waals surface area (Å²) < 4.78 is 25.9. The van der Waals surface area contributed by atoms with Crippen molar-refractivity contribution in [2.45, 2.75) is 6.04 Å². The Labute approximate surface area is 180 Å². The summed E-state index contributed by atoms with van der Waals surface area (Å²) >= 11 is 0. The van der Waals surface area contributed by atoms with Crippen molar-refractivity contribution in [3.05, 3.63) is 77.9 Å². The number of aromatic nitrogens is 2. The van der Waals surface area contributed by atoms with Crippen molar-refractivity contribution in [1.82, 2.24) is 20.0 Å². The summed E-state index contributed by atoms with van der Waals surface area (Å²) in [6.45, 7) is 3.08. The van der Waals surface area contributed by atoms with Gasteiger partial charge in [-0.1, -0.05) is 30.3 Å². The molecule has 1 N–H and O–H groups in total. The van der Waals surface area contributed by atoms with E-state index >= 15 is 0 Å². The molecule has 1 unspecified atom stereocenters. The number of nitrogens with zero attached hydrogens (tertiary/aromatic N) is 3. The minimum absolute atomic E-state index is 0.101. The molecule has 1 aliphatic heterocycles. The van der Waals surface area contributed by atoms with Gasteiger partial charge in [-0.2, -0.15) is 5.10 Å². The van der Waals surface area contributed by atoms with E-state index in [0.717, 1.165) is 24.3 Å². The zero-order valence-corrected chi connectivity index (χ0v) is 17.3. The molecule has 1 aromatic heterocycles. The summed E-state index contributed by atoms with van der Waals surface area (Å²) in [5.74, 6) is -0.220. The topological polar surface area (TPSA) is 68.6 Å². The van der Waals surface area contributed by atoms with E-state index in [0.29, 0.717) is 25.5 Å². The molecule has 4 rings (SSSR count). The lowest BCUT2D eigenvalue weighted by Gasteiger charge is -2.34. The van der Waals surface area contributed by atoms with Crippen LogP contribution in [0.3, 0.4) is 0 Å². The molecule has 31 heavy (non-hydrogen) atoms. The van der Waals surface area contributed by atoms with E-state index in [1.54, 1.807) is 23.0 Å². The Bertz CT molecular complexity index is 1000. The van der Waals surface area contributed by atoms with Gasteiger partial charge < -0.3 is 14.8 Å². The standard InChI is InChI=1S/C23H25FN4O3/c1-30-21-16-28(19-5-3-2-4-6-19)26-22(21)23(29)25-15-20(27-11-13-31-14-12-27)17-7-9-18(24)10-8-17/h2-10,16,20H,11-15H2,1H3,(H,25,29). The van der Waals surface area contributed by atoms with E-state index < -0.39 is 0 Å². The number of ether oxygens (including phenoxy) is 2.